The number of ether oxygens (including phenoxy) is 1. The van der Waals surface area contributed by atoms with Crippen molar-refractivity contribution in [3.63, 3.8) is 0 Å². The molecule has 0 radical (unpaired) electrons. The van der Waals surface area contributed by atoms with E-state index < -0.39 is 0 Å². The van der Waals surface area contributed by atoms with Crippen LogP contribution in [0.4, 0.5) is 0 Å². The third-order valence-corrected chi connectivity index (χ3v) is 4.24. The number of likely N-dealkylation sites (N-methyl/N-ethyl adjacent to an activating group) is 1. The van der Waals surface area contributed by atoms with E-state index in [0.717, 1.165) is 30.5 Å². The lowest BCUT2D eigenvalue weighted by atomic mass is 10.1. The Morgan fingerprint density at radius 1 is 1.48 bits per heavy atom. The largest absolute Gasteiger partial charge is 0.493 e. The minimum absolute atomic E-state index is 0.0700. The molecular weight excluding hydrogens is 268 g/mol. The van der Waals surface area contributed by atoms with Gasteiger partial charge in [-0.2, -0.15) is 0 Å². The number of aryl methyl sites for hydroxylation is 1. The molecule has 5 nitrogen and oxygen atoms in total. The van der Waals surface area contributed by atoms with Crippen LogP contribution in [0, 0.1) is 6.92 Å². The first kappa shape index (κ1) is 13.9. The van der Waals surface area contributed by atoms with Gasteiger partial charge in [-0.1, -0.05) is 12.1 Å². The smallest absolute Gasteiger partial charge is 0.289 e. The number of carbonyl (C=O) groups is 1. The number of furan rings is 1. The second-order valence-corrected chi connectivity index (χ2v) is 5.46. The highest BCUT2D eigenvalue weighted by Crippen LogP contribution is 2.33. The quantitative estimate of drug-likeness (QED) is 0.940. The lowest BCUT2D eigenvalue weighted by molar-refractivity contribution is 0.0713. The first-order valence-electron chi connectivity index (χ1n) is 7.17. The molecule has 21 heavy (non-hydrogen) atoms. The molecule has 1 saturated heterocycles. The van der Waals surface area contributed by atoms with Gasteiger partial charge in [-0.15, -0.1) is 0 Å². The van der Waals surface area contributed by atoms with Crippen molar-refractivity contribution < 1.29 is 13.9 Å². The highest BCUT2D eigenvalue weighted by Gasteiger charge is 2.28. The van der Waals surface area contributed by atoms with Crippen molar-refractivity contribution in [1.82, 2.24) is 10.2 Å². The van der Waals surface area contributed by atoms with Gasteiger partial charge in [0.2, 0.25) is 0 Å². The summed E-state index contributed by atoms with van der Waals surface area (Å²) in [6.07, 6.45) is 0.977. The number of methoxy groups -OCH3 is 1. The van der Waals surface area contributed by atoms with E-state index in [0.29, 0.717) is 17.1 Å². The Hall–Kier alpha value is -2.01. The Morgan fingerprint density at radius 3 is 2.95 bits per heavy atom. The summed E-state index contributed by atoms with van der Waals surface area (Å²) in [5.41, 5.74) is 1.51. The molecule has 1 N–H and O–H groups in total. The summed E-state index contributed by atoms with van der Waals surface area (Å²) in [6.45, 7) is 3.71. The van der Waals surface area contributed by atoms with E-state index in [1.165, 1.54) is 0 Å². The van der Waals surface area contributed by atoms with Crippen molar-refractivity contribution in [3.8, 4) is 5.75 Å². The van der Waals surface area contributed by atoms with Crippen LogP contribution in [0.5, 0.6) is 5.75 Å². The average Bonchev–Trinajstić information content (AvgIpc) is 3.14. The SMILES string of the molecule is COc1cccc2c(C)c(C(=O)N(C)C3CCNC3)oc12. The standard InChI is InChI=1S/C16H20N2O3/c1-10-12-5-4-6-13(20-3)15(12)21-14(10)16(19)18(2)11-7-8-17-9-11/h4-6,11,17H,7-9H2,1-3H3. The number of benzene rings is 1. The summed E-state index contributed by atoms with van der Waals surface area (Å²) >= 11 is 0. The molecule has 1 atom stereocenters. The molecule has 3 rings (SSSR count). The van der Waals surface area contributed by atoms with E-state index in [-0.39, 0.29) is 11.9 Å². The lowest BCUT2D eigenvalue weighted by Gasteiger charge is -2.22. The predicted molar refractivity (Wildman–Crippen MR) is 80.9 cm³/mol. The van der Waals surface area contributed by atoms with Crippen LogP contribution in [0.15, 0.2) is 22.6 Å². The molecule has 1 fully saturated rings. The number of nitrogens with zero attached hydrogens (tertiary/aromatic N) is 1. The molecule has 2 aromatic rings. The highest BCUT2D eigenvalue weighted by molar-refractivity contribution is 6.00. The summed E-state index contributed by atoms with van der Waals surface area (Å²) in [7, 11) is 3.44. The molecule has 2 heterocycles. The first-order valence-corrected chi connectivity index (χ1v) is 7.17. The molecule has 1 aromatic heterocycles. The van der Waals surface area contributed by atoms with Gasteiger partial charge >= 0.3 is 0 Å². The van der Waals surface area contributed by atoms with E-state index in [1.807, 2.05) is 32.2 Å². The summed E-state index contributed by atoms with van der Waals surface area (Å²) in [5.74, 6) is 0.989. The van der Waals surface area contributed by atoms with Crippen LogP contribution in [0.3, 0.4) is 0 Å². The molecule has 1 unspecified atom stereocenters. The molecule has 1 aromatic carbocycles. The monoisotopic (exact) mass is 288 g/mol. The van der Waals surface area contributed by atoms with Crippen molar-refractivity contribution in [2.75, 3.05) is 27.2 Å². The fourth-order valence-corrected chi connectivity index (χ4v) is 2.88. The Morgan fingerprint density at radius 2 is 2.29 bits per heavy atom. The number of rotatable bonds is 3. The molecule has 5 heteroatoms. The number of amides is 1. The molecule has 0 spiro atoms. The van der Waals surface area contributed by atoms with E-state index in [2.05, 4.69) is 5.32 Å². The van der Waals surface area contributed by atoms with Crippen LogP contribution in [-0.2, 0) is 0 Å². The fourth-order valence-electron chi connectivity index (χ4n) is 2.88. The molecular formula is C16H20N2O3. The van der Waals surface area contributed by atoms with E-state index in [9.17, 15) is 4.79 Å². The van der Waals surface area contributed by atoms with Gasteiger partial charge in [0.05, 0.1) is 7.11 Å². The fraction of sp³-hybridized carbons (Fsp3) is 0.438. The van der Waals surface area contributed by atoms with Crippen molar-refractivity contribution in [2.45, 2.75) is 19.4 Å². The van der Waals surface area contributed by atoms with Crippen LogP contribution < -0.4 is 10.1 Å². The van der Waals surface area contributed by atoms with E-state index in [4.69, 9.17) is 9.15 Å². The van der Waals surface area contributed by atoms with Crippen molar-refractivity contribution >= 4 is 16.9 Å². The molecule has 1 amide bonds. The normalized spacial score (nSPS) is 18.1. The minimum atomic E-state index is -0.0700. The second kappa shape index (κ2) is 5.41. The van der Waals surface area contributed by atoms with Gasteiger partial charge < -0.3 is 19.4 Å². The zero-order chi connectivity index (χ0) is 15.0. The van der Waals surface area contributed by atoms with Crippen LogP contribution in [0.25, 0.3) is 11.0 Å². The van der Waals surface area contributed by atoms with E-state index in [1.54, 1.807) is 12.0 Å². The Kier molecular flexibility index (Phi) is 3.59. The molecule has 0 bridgehead atoms. The summed E-state index contributed by atoms with van der Waals surface area (Å²) in [5, 5.41) is 4.20. The molecule has 1 aliphatic rings. The van der Waals surface area contributed by atoms with Crippen molar-refractivity contribution in [3.05, 3.63) is 29.5 Å². The third kappa shape index (κ3) is 2.27. The van der Waals surface area contributed by atoms with Crippen LogP contribution in [-0.4, -0.2) is 44.1 Å². The number of hydrogen-bond acceptors (Lipinski definition) is 4. The van der Waals surface area contributed by atoms with Gasteiger partial charge in [0.1, 0.15) is 0 Å². The summed E-state index contributed by atoms with van der Waals surface area (Å²) in [4.78, 5) is 14.5. The first-order chi connectivity index (χ1) is 10.1. The van der Waals surface area contributed by atoms with Crippen LogP contribution >= 0.6 is 0 Å². The van der Waals surface area contributed by atoms with Crippen LogP contribution in [0.2, 0.25) is 0 Å². The number of carbonyl (C=O) groups excluding carboxylic acids is 1. The second-order valence-electron chi connectivity index (χ2n) is 5.46. The Labute approximate surface area is 123 Å². The Bertz CT molecular complexity index is 671. The predicted octanol–water partition coefficient (Wildman–Crippen LogP) is 2.18. The van der Waals surface area contributed by atoms with E-state index >= 15 is 0 Å². The summed E-state index contributed by atoms with van der Waals surface area (Å²) < 4.78 is 11.1. The van der Waals surface area contributed by atoms with Gasteiger partial charge in [-0.05, 0) is 26.0 Å². The maximum atomic E-state index is 12.7. The molecule has 0 aliphatic carbocycles. The summed E-state index contributed by atoms with van der Waals surface area (Å²) in [6, 6.07) is 5.92. The minimum Gasteiger partial charge on any atom is -0.493 e. The van der Waals surface area contributed by atoms with Crippen molar-refractivity contribution in [1.29, 1.82) is 0 Å². The molecule has 1 aliphatic heterocycles. The van der Waals surface area contributed by atoms with Gasteiger partial charge in [0.15, 0.2) is 17.1 Å². The maximum Gasteiger partial charge on any atom is 0.289 e. The number of nitrogens with one attached hydrogen (secondary N) is 1. The van der Waals surface area contributed by atoms with Gasteiger partial charge in [0.25, 0.3) is 5.91 Å². The highest BCUT2D eigenvalue weighted by atomic mass is 16.5. The third-order valence-electron chi connectivity index (χ3n) is 4.24. The zero-order valence-electron chi connectivity index (χ0n) is 12.6. The zero-order valence-corrected chi connectivity index (χ0v) is 12.6. The van der Waals surface area contributed by atoms with Gasteiger partial charge in [-0.3, -0.25) is 4.79 Å². The van der Waals surface area contributed by atoms with Gasteiger partial charge in [-0.25, -0.2) is 0 Å². The molecule has 112 valence electrons. The topological polar surface area (TPSA) is 54.7 Å². The van der Waals surface area contributed by atoms with Crippen LogP contribution in [0.1, 0.15) is 22.5 Å². The maximum absolute atomic E-state index is 12.7. The number of fused-ring (bicyclic) bond motifs is 1. The average molecular weight is 288 g/mol. The van der Waals surface area contributed by atoms with Crippen molar-refractivity contribution in [2.24, 2.45) is 0 Å². The Balaban J connectivity index is 2.00. The lowest BCUT2D eigenvalue weighted by Crippen LogP contribution is -2.38. The number of hydrogen-bond donors (Lipinski definition) is 1. The van der Waals surface area contributed by atoms with Gasteiger partial charge in [0, 0.05) is 30.6 Å². The number of para-hydroxylation sites is 1. The molecule has 0 saturated carbocycles.